The van der Waals surface area contributed by atoms with Crippen LogP contribution in [-0.4, -0.2) is 5.91 Å². The fourth-order valence-electron chi connectivity index (χ4n) is 2.75. The molecule has 3 aromatic rings. The molecule has 6 heteroatoms. The van der Waals surface area contributed by atoms with Crippen molar-refractivity contribution in [2.45, 2.75) is 6.42 Å². The quantitative estimate of drug-likeness (QED) is 0.476. The van der Waals surface area contributed by atoms with Gasteiger partial charge in [0.15, 0.2) is 0 Å². The lowest BCUT2D eigenvalue weighted by Crippen LogP contribution is -2.27. The number of amides is 1. The standard InChI is InChI=1S/C21H13Cl3N2O/c22-16-7-3-6-15(13-16)21(27)26(20-17(23)8-4-9-18(20)24)19-10-2-1-5-14(19)11-12-25/h1-10,13H,11H2. The van der Waals surface area contributed by atoms with Crippen molar-refractivity contribution in [2.24, 2.45) is 0 Å². The van der Waals surface area contributed by atoms with E-state index in [0.717, 1.165) is 0 Å². The molecule has 0 saturated carbocycles. The van der Waals surface area contributed by atoms with Crippen LogP contribution in [0.2, 0.25) is 15.1 Å². The van der Waals surface area contributed by atoms with E-state index >= 15 is 0 Å². The summed E-state index contributed by atoms with van der Waals surface area (Å²) in [6, 6.07) is 20.9. The predicted octanol–water partition coefficient (Wildman–Crippen LogP) is 6.69. The Hall–Kier alpha value is -2.51. The monoisotopic (exact) mass is 414 g/mol. The van der Waals surface area contributed by atoms with Crippen molar-refractivity contribution in [3.05, 3.63) is 92.9 Å². The highest BCUT2D eigenvalue weighted by atomic mass is 35.5. The third-order valence-electron chi connectivity index (χ3n) is 3.94. The minimum atomic E-state index is -0.349. The molecule has 0 saturated heterocycles. The van der Waals surface area contributed by atoms with E-state index in [9.17, 15) is 10.1 Å². The molecule has 1 amide bonds. The summed E-state index contributed by atoms with van der Waals surface area (Å²) in [5, 5.41) is 10.3. The summed E-state index contributed by atoms with van der Waals surface area (Å²) in [6.07, 6.45) is 0.136. The minimum absolute atomic E-state index is 0.136. The zero-order valence-electron chi connectivity index (χ0n) is 14.0. The van der Waals surface area contributed by atoms with Crippen LogP contribution in [0, 0.1) is 11.3 Å². The van der Waals surface area contributed by atoms with Gasteiger partial charge in [-0.15, -0.1) is 0 Å². The largest absolute Gasteiger partial charge is 0.274 e. The maximum atomic E-state index is 13.4. The van der Waals surface area contributed by atoms with Gasteiger partial charge in [0.1, 0.15) is 0 Å². The molecule has 0 aromatic heterocycles. The van der Waals surface area contributed by atoms with Gasteiger partial charge in [0.25, 0.3) is 5.91 Å². The van der Waals surface area contributed by atoms with Crippen molar-refractivity contribution in [1.29, 1.82) is 5.26 Å². The molecule has 0 bridgehead atoms. The van der Waals surface area contributed by atoms with Gasteiger partial charge in [-0.2, -0.15) is 5.26 Å². The molecule has 0 unspecified atom stereocenters. The van der Waals surface area contributed by atoms with Gasteiger partial charge in [0.05, 0.1) is 33.9 Å². The molecule has 27 heavy (non-hydrogen) atoms. The van der Waals surface area contributed by atoms with Crippen LogP contribution in [0.1, 0.15) is 15.9 Å². The van der Waals surface area contributed by atoms with E-state index in [1.807, 2.05) is 6.07 Å². The number of rotatable bonds is 4. The second-order valence-electron chi connectivity index (χ2n) is 5.68. The van der Waals surface area contributed by atoms with Crippen molar-refractivity contribution in [3.63, 3.8) is 0 Å². The van der Waals surface area contributed by atoms with Crippen molar-refractivity contribution in [2.75, 3.05) is 4.90 Å². The molecule has 0 atom stereocenters. The van der Waals surface area contributed by atoms with Crippen LogP contribution in [0.5, 0.6) is 0 Å². The molecule has 3 nitrogen and oxygen atoms in total. The summed E-state index contributed by atoms with van der Waals surface area (Å²) >= 11 is 18.9. The molecule has 0 aliphatic rings. The first-order valence-corrected chi connectivity index (χ1v) is 9.15. The number of hydrogen-bond acceptors (Lipinski definition) is 2. The number of para-hydroxylation sites is 2. The van der Waals surface area contributed by atoms with Crippen molar-refractivity contribution >= 4 is 52.1 Å². The third-order valence-corrected chi connectivity index (χ3v) is 4.78. The zero-order valence-corrected chi connectivity index (χ0v) is 16.3. The Morgan fingerprint density at radius 3 is 2.26 bits per heavy atom. The average Bonchev–Trinajstić information content (AvgIpc) is 2.65. The number of halogens is 3. The Morgan fingerprint density at radius 1 is 0.926 bits per heavy atom. The molecular formula is C21H13Cl3N2O. The molecule has 0 N–H and O–H groups in total. The van der Waals surface area contributed by atoms with Gasteiger partial charge in [-0.25, -0.2) is 0 Å². The fourth-order valence-corrected chi connectivity index (χ4v) is 3.51. The van der Waals surface area contributed by atoms with Crippen LogP contribution in [0.4, 0.5) is 11.4 Å². The second-order valence-corrected chi connectivity index (χ2v) is 6.94. The Bertz CT molecular complexity index is 1020. The normalized spacial score (nSPS) is 10.3. The van der Waals surface area contributed by atoms with Crippen LogP contribution in [-0.2, 0) is 6.42 Å². The molecule has 3 aromatic carbocycles. The Morgan fingerprint density at radius 2 is 1.59 bits per heavy atom. The van der Waals surface area contributed by atoms with E-state index < -0.39 is 0 Å². The molecule has 0 radical (unpaired) electrons. The number of anilines is 2. The number of nitriles is 1. The lowest BCUT2D eigenvalue weighted by atomic mass is 10.1. The van der Waals surface area contributed by atoms with Gasteiger partial charge in [-0.3, -0.25) is 9.69 Å². The summed E-state index contributed by atoms with van der Waals surface area (Å²) in [6.45, 7) is 0. The van der Waals surface area contributed by atoms with E-state index in [2.05, 4.69) is 6.07 Å². The lowest BCUT2D eigenvalue weighted by molar-refractivity contribution is 0.0999. The van der Waals surface area contributed by atoms with Crippen molar-refractivity contribution < 1.29 is 4.79 Å². The fraction of sp³-hybridized carbons (Fsp3) is 0.0476. The molecule has 0 spiro atoms. The number of carbonyl (C=O) groups excluding carboxylic acids is 1. The van der Waals surface area contributed by atoms with Crippen LogP contribution in [0.3, 0.4) is 0 Å². The smallest absolute Gasteiger partial charge is 0.262 e. The van der Waals surface area contributed by atoms with E-state index in [1.165, 1.54) is 4.90 Å². The summed E-state index contributed by atoms with van der Waals surface area (Å²) < 4.78 is 0. The van der Waals surface area contributed by atoms with Crippen LogP contribution >= 0.6 is 34.8 Å². The summed E-state index contributed by atoms with van der Waals surface area (Å²) in [5.74, 6) is -0.349. The Kier molecular flexibility index (Phi) is 6.03. The molecule has 0 fully saturated rings. The first-order chi connectivity index (χ1) is 13.0. The molecule has 0 aliphatic carbocycles. The van der Waals surface area contributed by atoms with Crippen LogP contribution in [0.15, 0.2) is 66.7 Å². The van der Waals surface area contributed by atoms with E-state index in [4.69, 9.17) is 34.8 Å². The molecule has 0 aliphatic heterocycles. The highest BCUT2D eigenvalue weighted by Gasteiger charge is 2.26. The number of hydrogen-bond donors (Lipinski definition) is 0. The maximum Gasteiger partial charge on any atom is 0.262 e. The molecule has 0 heterocycles. The van der Waals surface area contributed by atoms with Crippen molar-refractivity contribution in [1.82, 2.24) is 0 Å². The zero-order chi connectivity index (χ0) is 19.4. The summed E-state index contributed by atoms with van der Waals surface area (Å²) in [5.41, 5.74) is 1.96. The summed E-state index contributed by atoms with van der Waals surface area (Å²) in [7, 11) is 0. The van der Waals surface area contributed by atoms with Crippen LogP contribution in [0.25, 0.3) is 0 Å². The maximum absolute atomic E-state index is 13.4. The van der Waals surface area contributed by atoms with Gasteiger partial charge < -0.3 is 0 Å². The minimum Gasteiger partial charge on any atom is -0.274 e. The van der Waals surface area contributed by atoms with E-state index in [1.54, 1.807) is 60.7 Å². The molecular weight excluding hydrogens is 403 g/mol. The first-order valence-electron chi connectivity index (χ1n) is 8.02. The van der Waals surface area contributed by atoms with Gasteiger partial charge >= 0.3 is 0 Å². The highest BCUT2D eigenvalue weighted by molar-refractivity contribution is 6.40. The van der Waals surface area contributed by atoms with Gasteiger partial charge in [0, 0.05) is 10.6 Å². The molecule has 134 valence electrons. The predicted molar refractivity (Wildman–Crippen MR) is 110 cm³/mol. The topological polar surface area (TPSA) is 44.1 Å². The lowest BCUT2D eigenvalue weighted by Gasteiger charge is -2.27. The van der Waals surface area contributed by atoms with Gasteiger partial charge in [-0.05, 0) is 42.0 Å². The number of carbonyl (C=O) groups is 1. The molecule has 3 rings (SSSR count). The van der Waals surface area contributed by atoms with Crippen molar-refractivity contribution in [3.8, 4) is 6.07 Å². The number of benzene rings is 3. The highest BCUT2D eigenvalue weighted by Crippen LogP contribution is 2.40. The Balaban J connectivity index is 2.25. The van der Waals surface area contributed by atoms with E-state index in [0.29, 0.717) is 37.6 Å². The van der Waals surface area contributed by atoms with Crippen LogP contribution < -0.4 is 4.90 Å². The second kappa shape index (κ2) is 8.45. The number of nitrogens with zero attached hydrogens (tertiary/aromatic N) is 2. The van der Waals surface area contributed by atoms with Gasteiger partial charge in [-0.1, -0.05) is 65.1 Å². The van der Waals surface area contributed by atoms with Gasteiger partial charge in [0.2, 0.25) is 0 Å². The van der Waals surface area contributed by atoms with E-state index in [-0.39, 0.29) is 12.3 Å². The third kappa shape index (κ3) is 4.09. The summed E-state index contributed by atoms with van der Waals surface area (Å²) in [4.78, 5) is 14.9. The SMILES string of the molecule is N#CCc1ccccc1N(C(=O)c1cccc(Cl)c1)c1c(Cl)cccc1Cl. The Labute approximate surface area is 172 Å². The average molecular weight is 416 g/mol. The first kappa shape index (κ1) is 19.3.